The molecule has 0 heterocycles. The molecule has 2 N–H and O–H groups in total. The lowest BCUT2D eigenvalue weighted by Gasteiger charge is -2.05. The fraction of sp³-hybridized carbons (Fsp3) is 0.385. The standard InChI is InChI=1S/C13H18N2O2/c1-3-12(16)10-4-6-11(7-5-10)13(17)15-9-8-14-2/h4-7,14H,3,8-9H2,1-2H3,(H,15,17). The summed E-state index contributed by atoms with van der Waals surface area (Å²) in [6.07, 6.45) is 0.480. The summed E-state index contributed by atoms with van der Waals surface area (Å²) in [5.74, 6) is -0.0251. The molecule has 92 valence electrons. The van der Waals surface area contributed by atoms with Gasteiger partial charge in [-0.05, 0) is 19.2 Å². The molecule has 4 nitrogen and oxygen atoms in total. The van der Waals surface area contributed by atoms with Crippen LogP contribution in [0.3, 0.4) is 0 Å². The Kier molecular flexibility index (Phi) is 5.36. The van der Waals surface area contributed by atoms with E-state index in [0.29, 0.717) is 24.1 Å². The highest BCUT2D eigenvalue weighted by Gasteiger charge is 2.06. The van der Waals surface area contributed by atoms with Gasteiger partial charge in [0, 0.05) is 30.6 Å². The highest BCUT2D eigenvalue weighted by Crippen LogP contribution is 2.06. The van der Waals surface area contributed by atoms with Gasteiger partial charge in [-0.3, -0.25) is 9.59 Å². The molecule has 0 aliphatic heterocycles. The predicted octanol–water partition coefficient (Wildman–Crippen LogP) is 1.23. The number of benzene rings is 1. The molecule has 0 spiro atoms. The van der Waals surface area contributed by atoms with Crippen molar-refractivity contribution in [3.8, 4) is 0 Å². The maximum absolute atomic E-state index is 11.6. The summed E-state index contributed by atoms with van der Waals surface area (Å²) < 4.78 is 0. The number of rotatable bonds is 6. The molecule has 4 heteroatoms. The number of ketones is 1. The van der Waals surface area contributed by atoms with Gasteiger partial charge in [0.05, 0.1) is 0 Å². The van der Waals surface area contributed by atoms with Crippen molar-refractivity contribution in [1.29, 1.82) is 0 Å². The van der Waals surface area contributed by atoms with E-state index in [1.165, 1.54) is 0 Å². The summed E-state index contributed by atoms with van der Waals surface area (Å²) in [5.41, 5.74) is 1.23. The average molecular weight is 234 g/mol. The number of Topliss-reactive ketones (excluding diaryl/α,β-unsaturated/α-hetero) is 1. The molecule has 0 saturated heterocycles. The zero-order chi connectivity index (χ0) is 12.7. The fourth-order valence-corrected chi connectivity index (χ4v) is 1.41. The minimum absolute atomic E-state index is 0.0899. The zero-order valence-corrected chi connectivity index (χ0v) is 10.2. The Morgan fingerprint density at radius 3 is 2.18 bits per heavy atom. The summed E-state index contributed by atoms with van der Waals surface area (Å²) in [6, 6.07) is 6.74. The van der Waals surface area contributed by atoms with E-state index in [1.807, 2.05) is 14.0 Å². The van der Waals surface area contributed by atoms with Crippen LogP contribution < -0.4 is 10.6 Å². The zero-order valence-electron chi connectivity index (χ0n) is 10.2. The Hall–Kier alpha value is -1.68. The summed E-state index contributed by atoms with van der Waals surface area (Å²) in [4.78, 5) is 23.0. The summed E-state index contributed by atoms with van der Waals surface area (Å²) in [6.45, 7) is 3.14. The maximum Gasteiger partial charge on any atom is 0.251 e. The molecule has 1 rings (SSSR count). The summed E-state index contributed by atoms with van der Waals surface area (Å²) in [7, 11) is 1.83. The van der Waals surface area contributed by atoms with E-state index < -0.39 is 0 Å². The van der Waals surface area contributed by atoms with Crippen molar-refractivity contribution in [3.05, 3.63) is 35.4 Å². The van der Waals surface area contributed by atoms with Gasteiger partial charge in [0.15, 0.2) is 5.78 Å². The summed E-state index contributed by atoms with van der Waals surface area (Å²) >= 11 is 0. The number of amides is 1. The molecule has 1 aromatic rings. The lowest BCUT2D eigenvalue weighted by atomic mass is 10.1. The summed E-state index contributed by atoms with van der Waals surface area (Å²) in [5, 5.41) is 5.72. The Morgan fingerprint density at radius 1 is 1.06 bits per heavy atom. The highest BCUT2D eigenvalue weighted by atomic mass is 16.1. The van der Waals surface area contributed by atoms with Crippen molar-refractivity contribution in [1.82, 2.24) is 10.6 Å². The Morgan fingerprint density at radius 2 is 1.65 bits per heavy atom. The van der Waals surface area contributed by atoms with Crippen LogP contribution in [0.25, 0.3) is 0 Å². The minimum atomic E-state index is -0.115. The average Bonchev–Trinajstić information content (AvgIpc) is 2.38. The number of carbonyl (C=O) groups is 2. The molecule has 1 amide bonds. The third-order valence-corrected chi connectivity index (χ3v) is 2.45. The van der Waals surface area contributed by atoms with Gasteiger partial charge in [0.2, 0.25) is 0 Å². The van der Waals surface area contributed by atoms with Gasteiger partial charge in [-0.2, -0.15) is 0 Å². The van der Waals surface area contributed by atoms with Crippen molar-refractivity contribution < 1.29 is 9.59 Å². The number of nitrogens with one attached hydrogen (secondary N) is 2. The van der Waals surface area contributed by atoms with E-state index in [2.05, 4.69) is 10.6 Å². The Bertz CT molecular complexity index is 385. The fourth-order valence-electron chi connectivity index (χ4n) is 1.41. The molecule has 0 aliphatic rings. The van der Waals surface area contributed by atoms with Crippen molar-refractivity contribution >= 4 is 11.7 Å². The van der Waals surface area contributed by atoms with Gasteiger partial charge < -0.3 is 10.6 Å². The van der Waals surface area contributed by atoms with Crippen LogP contribution in [-0.4, -0.2) is 31.8 Å². The van der Waals surface area contributed by atoms with Crippen molar-refractivity contribution in [2.75, 3.05) is 20.1 Å². The van der Waals surface area contributed by atoms with Crippen LogP contribution in [0, 0.1) is 0 Å². The SMILES string of the molecule is CCC(=O)c1ccc(C(=O)NCCNC)cc1. The number of hydrogen-bond acceptors (Lipinski definition) is 3. The van der Waals surface area contributed by atoms with Gasteiger partial charge in [0.25, 0.3) is 5.91 Å². The quantitative estimate of drug-likeness (QED) is 0.575. The molecular weight excluding hydrogens is 216 g/mol. The first-order chi connectivity index (χ1) is 8.19. The molecule has 0 fully saturated rings. The normalized spacial score (nSPS) is 10.0. The predicted molar refractivity (Wildman–Crippen MR) is 67.3 cm³/mol. The first kappa shape index (κ1) is 13.4. The Labute approximate surface area is 101 Å². The van der Waals surface area contributed by atoms with Crippen LogP contribution in [0.2, 0.25) is 0 Å². The maximum atomic E-state index is 11.6. The molecular formula is C13H18N2O2. The van der Waals surface area contributed by atoms with E-state index >= 15 is 0 Å². The number of hydrogen-bond donors (Lipinski definition) is 2. The van der Waals surface area contributed by atoms with Crippen LogP contribution in [0.15, 0.2) is 24.3 Å². The molecule has 0 bridgehead atoms. The molecule has 0 radical (unpaired) electrons. The van der Waals surface area contributed by atoms with Crippen LogP contribution >= 0.6 is 0 Å². The molecule has 0 atom stereocenters. The first-order valence-electron chi connectivity index (χ1n) is 5.75. The monoisotopic (exact) mass is 234 g/mol. The van der Waals surface area contributed by atoms with E-state index in [9.17, 15) is 9.59 Å². The Balaban J connectivity index is 2.61. The van der Waals surface area contributed by atoms with E-state index in [1.54, 1.807) is 24.3 Å². The van der Waals surface area contributed by atoms with Crippen LogP contribution in [-0.2, 0) is 0 Å². The van der Waals surface area contributed by atoms with Crippen LogP contribution in [0.1, 0.15) is 34.1 Å². The molecule has 17 heavy (non-hydrogen) atoms. The van der Waals surface area contributed by atoms with E-state index in [4.69, 9.17) is 0 Å². The second-order valence-electron chi connectivity index (χ2n) is 3.71. The molecule has 0 aliphatic carbocycles. The third-order valence-electron chi connectivity index (χ3n) is 2.45. The van der Waals surface area contributed by atoms with Crippen molar-refractivity contribution in [2.24, 2.45) is 0 Å². The first-order valence-corrected chi connectivity index (χ1v) is 5.75. The lowest BCUT2D eigenvalue weighted by Crippen LogP contribution is -2.30. The van der Waals surface area contributed by atoms with Gasteiger partial charge in [-0.15, -0.1) is 0 Å². The molecule has 0 aromatic heterocycles. The van der Waals surface area contributed by atoms with Crippen LogP contribution in [0.5, 0.6) is 0 Å². The van der Waals surface area contributed by atoms with Gasteiger partial charge in [-0.25, -0.2) is 0 Å². The van der Waals surface area contributed by atoms with Gasteiger partial charge >= 0.3 is 0 Å². The second kappa shape index (κ2) is 6.81. The smallest absolute Gasteiger partial charge is 0.251 e. The van der Waals surface area contributed by atoms with Crippen molar-refractivity contribution in [3.63, 3.8) is 0 Å². The van der Waals surface area contributed by atoms with Crippen molar-refractivity contribution in [2.45, 2.75) is 13.3 Å². The highest BCUT2D eigenvalue weighted by molar-refractivity contribution is 5.98. The van der Waals surface area contributed by atoms with E-state index in [0.717, 1.165) is 6.54 Å². The van der Waals surface area contributed by atoms with Gasteiger partial charge in [-0.1, -0.05) is 19.1 Å². The topological polar surface area (TPSA) is 58.2 Å². The minimum Gasteiger partial charge on any atom is -0.351 e. The number of carbonyl (C=O) groups excluding carboxylic acids is 2. The van der Waals surface area contributed by atoms with Gasteiger partial charge in [0.1, 0.15) is 0 Å². The van der Waals surface area contributed by atoms with Crippen LogP contribution in [0.4, 0.5) is 0 Å². The largest absolute Gasteiger partial charge is 0.351 e. The third kappa shape index (κ3) is 4.00. The second-order valence-corrected chi connectivity index (χ2v) is 3.71. The number of likely N-dealkylation sites (N-methyl/N-ethyl adjacent to an activating group) is 1. The lowest BCUT2D eigenvalue weighted by molar-refractivity contribution is 0.0950. The molecule has 0 unspecified atom stereocenters. The van der Waals surface area contributed by atoms with E-state index in [-0.39, 0.29) is 11.7 Å². The molecule has 0 saturated carbocycles. The molecule has 1 aromatic carbocycles.